The lowest BCUT2D eigenvalue weighted by molar-refractivity contribution is 0.417. The second-order valence-electron chi connectivity index (χ2n) is 5.00. The molecule has 0 spiro atoms. The molecule has 3 heteroatoms. The molecular formula is C17H21NO2. The lowest BCUT2D eigenvalue weighted by Crippen LogP contribution is -2.24. The number of nitrogens with one attached hydrogen (secondary N) is 1. The Morgan fingerprint density at radius 2 is 1.75 bits per heavy atom. The van der Waals surface area contributed by atoms with Crippen LogP contribution in [-0.2, 0) is 0 Å². The molecule has 2 rings (SSSR count). The molecule has 0 aromatic heterocycles. The summed E-state index contributed by atoms with van der Waals surface area (Å²) in [6.45, 7) is 4.14. The van der Waals surface area contributed by atoms with Crippen LogP contribution in [0.3, 0.4) is 0 Å². The summed E-state index contributed by atoms with van der Waals surface area (Å²) in [5.74, 6) is 0.196. The van der Waals surface area contributed by atoms with E-state index in [9.17, 15) is 10.2 Å². The molecule has 0 saturated heterocycles. The van der Waals surface area contributed by atoms with Crippen molar-refractivity contribution in [3.8, 4) is 11.5 Å². The van der Waals surface area contributed by atoms with E-state index in [1.54, 1.807) is 12.1 Å². The first kappa shape index (κ1) is 14.4. The molecule has 2 atom stereocenters. The van der Waals surface area contributed by atoms with Crippen LogP contribution in [0.2, 0.25) is 0 Å². The standard InChI is InChI=1S/C17H21NO2/c1-3-16(13-7-5-4-6-8-13)18-12(2)15-10-9-14(19)11-17(15)20/h4-12,16,18-20H,3H2,1-2H3. The third-order valence-electron chi connectivity index (χ3n) is 3.54. The highest BCUT2D eigenvalue weighted by atomic mass is 16.3. The number of phenols is 2. The second kappa shape index (κ2) is 6.44. The number of phenolic OH excluding ortho intramolecular Hbond substituents is 2. The lowest BCUT2D eigenvalue weighted by Gasteiger charge is -2.23. The Kier molecular flexibility index (Phi) is 4.64. The SMILES string of the molecule is CCC(NC(C)c1ccc(O)cc1O)c1ccccc1. The van der Waals surface area contributed by atoms with Gasteiger partial charge in [-0.3, -0.25) is 0 Å². The van der Waals surface area contributed by atoms with E-state index in [4.69, 9.17) is 0 Å². The zero-order chi connectivity index (χ0) is 14.5. The summed E-state index contributed by atoms with van der Waals surface area (Å²) in [7, 11) is 0. The predicted molar refractivity (Wildman–Crippen MR) is 80.8 cm³/mol. The van der Waals surface area contributed by atoms with Crippen LogP contribution in [0.1, 0.15) is 43.5 Å². The molecular weight excluding hydrogens is 250 g/mol. The van der Waals surface area contributed by atoms with Crippen molar-refractivity contribution in [2.45, 2.75) is 32.4 Å². The van der Waals surface area contributed by atoms with Gasteiger partial charge in [0.15, 0.2) is 0 Å². The molecule has 3 nitrogen and oxygen atoms in total. The number of rotatable bonds is 5. The number of aromatic hydroxyl groups is 2. The summed E-state index contributed by atoms with van der Waals surface area (Å²) >= 11 is 0. The maximum atomic E-state index is 9.92. The molecule has 0 heterocycles. The fraction of sp³-hybridized carbons (Fsp3) is 0.294. The van der Waals surface area contributed by atoms with E-state index in [2.05, 4.69) is 24.4 Å². The highest BCUT2D eigenvalue weighted by Crippen LogP contribution is 2.30. The monoisotopic (exact) mass is 271 g/mol. The molecule has 0 radical (unpaired) electrons. The van der Waals surface area contributed by atoms with Gasteiger partial charge in [0.2, 0.25) is 0 Å². The van der Waals surface area contributed by atoms with Crippen molar-refractivity contribution >= 4 is 0 Å². The molecule has 0 aliphatic heterocycles. The minimum atomic E-state index is 0.000700. The zero-order valence-electron chi connectivity index (χ0n) is 11.9. The largest absolute Gasteiger partial charge is 0.508 e. The number of benzene rings is 2. The third-order valence-corrected chi connectivity index (χ3v) is 3.54. The van der Waals surface area contributed by atoms with Gasteiger partial charge in [-0.15, -0.1) is 0 Å². The Labute approximate surface area is 119 Å². The van der Waals surface area contributed by atoms with Gasteiger partial charge in [-0.1, -0.05) is 43.3 Å². The van der Waals surface area contributed by atoms with Gasteiger partial charge in [-0.2, -0.15) is 0 Å². The Balaban J connectivity index is 2.15. The summed E-state index contributed by atoms with van der Waals surface area (Å²) in [5, 5.41) is 22.8. The van der Waals surface area contributed by atoms with E-state index in [1.807, 2.05) is 25.1 Å². The van der Waals surface area contributed by atoms with Crippen molar-refractivity contribution in [1.29, 1.82) is 0 Å². The molecule has 0 amide bonds. The van der Waals surface area contributed by atoms with Crippen molar-refractivity contribution in [3.05, 3.63) is 59.7 Å². The maximum absolute atomic E-state index is 9.92. The van der Waals surface area contributed by atoms with E-state index >= 15 is 0 Å². The third kappa shape index (κ3) is 3.31. The Morgan fingerprint density at radius 1 is 1.05 bits per heavy atom. The molecule has 0 aliphatic carbocycles. The van der Waals surface area contributed by atoms with Crippen LogP contribution in [0.15, 0.2) is 48.5 Å². The summed E-state index contributed by atoms with van der Waals surface area (Å²) < 4.78 is 0. The number of hydrogen-bond donors (Lipinski definition) is 3. The zero-order valence-corrected chi connectivity index (χ0v) is 11.9. The van der Waals surface area contributed by atoms with Crippen molar-refractivity contribution < 1.29 is 10.2 Å². The summed E-state index contributed by atoms with van der Waals surface area (Å²) in [6, 6.07) is 15.2. The summed E-state index contributed by atoms with van der Waals surface area (Å²) in [4.78, 5) is 0. The molecule has 106 valence electrons. The average molecular weight is 271 g/mol. The van der Waals surface area contributed by atoms with E-state index in [0.717, 1.165) is 12.0 Å². The highest BCUT2D eigenvalue weighted by molar-refractivity contribution is 5.40. The van der Waals surface area contributed by atoms with E-state index < -0.39 is 0 Å². The highest BCUT2D eigenvalue weighted by Gasteiger charge is 2.16. The van der Waals surface area contributed by atoms with Crippen LogP contribution in [0, 0.1) is 0 Å². The molecule has 0 fully saturated rings. The Morgan fingerprint density at radius 3 is 2.35 bits per heavy atom. The molecule has 2 aromatic rings. The average Bonchev–Trinajstić information content (AvgIpc) is 2.45. The maximum Gasteiger partial charge on any atom is 0.124 e. The molecule has 2 aromatic carbocycles. The number of hydrogen-bond acceptors (Lipinski definition) is 3. The van der Waals surface area contributed by atoms with E-state index in [0.29, 0.717) is 0 Å². The van der Waals surface area contributed by atoms with E-state index in [-0.39, 0.29) is 23.6 Å². The smallest absolute Gasteiger partial charge is 0.124 e. The quantitative estimate of drug-likeness (QED) is 0.773. The van der Waals surface area contributed by atoms with Crippen molar-refractivity contribution in [1.82, 2.24) is 5.32 Å². The summed E-state index contributed by atoms with van der Waals surface area (Å²) in [5.41, 5.74) is 2.03. The first-order valence-electron chi connectivity index (χ1n) is 6.94. The van der Waals surface area contributed by atoms with Gasteiger partial charge < -0.3 is 15.5 Å². The van der Waals surface area contributed by atoms with Gasteiger partial charge in [0.1, 0.15) is 11.5 Å². The fourth-order valence-electron chi connectivity index (χ4n) is 2.42. The molecule has 20 heavy (non-hydrogen) atoms. The lowest BCUT2D eigenvalue weighted by atomic mass is 10.0. The van der Waals surface area contributed by atoms with Gasteiger partial charge in [0, 0.05) is 23.7 Å². The molecule has 0 bridgehead atoms. The van der Waals surface area contributed by atoms with Crippen LogP contribution in [0.5, 0.6) is 11.5 Å². The first-order chi connectivity index (χ1) is 9.61. The van der Waals surface area contributed by atoms with Gasteiger partial charge in [0.05, 0.1) is 0 Å². The topological polar surface area (TPSA) is 52.5 Å². The minimum absolute atomic E-state index is 0.000700. The van der Waals surface area contributed by atoms with E-state index in [1.165, 1.54) is 11.6 Å². The van der Waals surface area contributed by atoms with Gasteiger partial charge >= 0.3 is 0 Å². The Bertz CT molecular complexity index is 554. The molecule has 3 N–H and O–H groups in total. The molecule has 2 unspecified atom stereocenters. The Hall–Kier alpha value is -2.00. The molecule has 0 saturated carbocycles. The molecule has 0 aliphatic rings. The van der Waals surface area contributed by atoms with Crippen LogP contribution in [0.25, 0.3) is 0 Å². The van der Waals surface area contributed by atoms with Gasteiger partial charge in [-0.05, 0) is 25.0 Å². The predicted octanol–water partition coefficient (Wildman–Crippen LogP) is 3.90. The normalized spacial score (nSPS) is 13.9. The van der Waals surface area contributed by atoms with Crippen LogP contribution in [-0.4, -0.2) is 10.2 Å². The van der Waals surface area contributed by atoms with Crippen LogP contribution >= 0.6 is 0 Å². The van der Waals surface area contributed by atoms with Crippen LogP contribution in [0.4, 0.5) is 0 Å². The second-order valence-corrected chi connectivity index (χ2v) is 5.00. The van der Waals surface area contributed by atoms with Crippen molar-refractivity contribution in [2.24, 2.45) is 0 Å². The summed E-state index contributed by atoms with van der Waals surface area (Å²) in [6.07, 6.45) is 0.965. The minimum Gasteiger partial charge on any atom is -0.508 e. The fourth-order valence-corrected chi connectivity index (χ4v) is 2.42. The van der Waals surface area contributed by atoms with Crippen LogP contribution < -0.4 is 5.32 Å². The van der Waals surface area contributed by atoms with Crippen molar-refractivity contribution in [3.63, 3.8) is 0 Å². The van der Waals surface area contributed by atoms with Gasteiger partial charge in [0.25, 0.3) is 0 Å². The van der Waals surface area contributed by atoms with Gasteiger partial charge in [-0.25, -0.2) is 0 Å². The first-order valence-corrected chi connectivity index (χ1v) is 6.94. The van der Waals surface area contributed by atoms with Crippen molar-refractivity contribution in [2.75, 3.05) is 0 Å².